The molecule has 1 aliphatic heterocycles. The van der Waals surface area contributed by atoms with Crippen LogP contribution >= 0.6 is 23.1 Å². The number of thioether (sulfide) groups is 1. The molecule has 1 fully saturated rings. The van der Waals surface area contributed by atoms with E-state index in [1.807, 2.05) is 46.3 Å². The fourth-order valence-corrected chi connectivity index (χ4v) is 5.84. The van der Waals surface area contributed by atoms with Crippen LogP contribution in [-0.2, 0) is 20.8 Å². The lowest BCUT2D eigenvalue weighted by Gasteiger charge is -2.14. The molecular formula is C26H26N4O5S2. The van der Waals surface area contributed by atoms with Crippen LogP contribution in [0.15, 0.2) is 63.7 Å². The molecule has 0 bridgehead atoms. The second kappa shape index (κ2) is 11.8. The molecular weight excluding hydrogens is 512 g/mol. The van der Waals surface area contributed by atoms with E-state index in [4.69, 9.17) is 13.9 Å². The summed E-state index contributed by atoms with van der Waals surface area (Å²) < 4.78 is 18.6. The highest BCUT2D eigenvalue weighted by Crippen LogP contribution is 2.36. The van der Waals surface area contributed by atoms with Gasteiger partial charge in [0.25, 0.3) is 0 Å². The van der Waals surface area contributed by atoms with E-state index in [0.29, 0.717) is 33.9 Å². The molecule has 9 nitrogen and oxygen atoms in total. The van der Waals surface area contributed by atoms with Crippen LogP contribution in [0.3, 0.4) is 0 Å². The van der Waals surface area contributed by atoms with Crippen molar-refractivity contribution in [2.45, 2.75) is 37.6 Å². The number of benzene rings is 1. The monoisotopic (exact) mass is 538 g/mol. The molecule has 1 N–H and O–H groups in total. The molecule has 5 rings (SSSR count). The third-order valence-corrected chi connectivity index (χ3v) is 7.67. The number of hydrogen-bond donors (Lipinski definition) is 1. The summed E-state index contributed by atoms with van der Waals surface area (Å²) >= 11 is 2.57. The molecule has 1 unspecified atom stereocenters. The van der Waals surface area contributed by atoms with Crippen molar-refractivity contribution in [2.24, 2.45) is 0 Å². The third kappa shape index (κ3) is 5.79. The van der Waals surface area contributed by atoms with Crippen LogP contribution in [0.1, 0.15) is 30.1 Å². The zero-order valence-corrected chi connectivity index (χ0v) is 21.8. The predicted molar refractivity (Wildman–Crippen MR) is 142 cm³/mol. The molecule has 0 saturated carbocycles. The minimum absolute atomic E-state index is 0.0625. The highest BCUT2D eigenvalue weighted by atomic mass is 32.2. The van der Waals surface area contributed by atoms with Gasteiger partial charge in [0.2, 0.25) is 11.7 Å². The Labute approximate surface area is 222 Å². The van der Waals surface area contributed by atoms with Gasteiger partial charge in [0, 0.05) is 17.6 Å². The highest BCUT2D eigenvalue weighted by molar-refractivity contribution is 7.99. The van der Waals surface area contributed by atoms with Crippen LogP contribution < -0.4 is 5.32 Å². The second-order valence-corrected chi connectivity index (χ2v) is 10.1. The van der Waals surface area contributed by atoms with Gasteiger partial charge in [-0.3, -0.25) is 9.36 Å². The second-order valence-electron chi connectivity index (χ2n) is 8.31. The first kappa shape index (κ1) is 25.2. The number of rotatable bonds is 10. The summed E-state index contributed by atoms with van der Waals surface area (Å²) in [6, 6.07) is 13.2. The smallest absolute Gasteiger partial charge is 0.341 e. The van der Waals surface area contributed by atoms with E-state index in [-0.39, 0.29) is 24.4 Å². The molecule has 11 heteroatoms. The van der Waals surface area contributed by atoms with Gasteiger partial charge >= 0.3 is 5.97 Å². The van der Waals surface area contributed by atoms with Crippen LogP contribution in [-0.4, -0.2) is 51.7 Å². The third-order valence-electron chi connectivity index (χ3n) is 5.81. The van der Waals surface area contributed by atoms with E-state index in [1.54, 1.807) is 19.3 Å². The van der Waals surface area contributed by atoms with Crippen molar-refractivity contribution in [3.05, 3.63) is 59.7 Å². The number of esters is 1. The summed E-state index contributed by atoms with van der Waals surface area (Å²) in [5, 5.41) is 14.4. The molecule has 0 aliphatic carbocycles. The topological polar surface area (TPSA) is 108 Å². The lowest BCUT2D eigenvalue weighted by atomic mass is 10.0. The fraction of sp³-hybridized carbons (Fsp3) is 0.308. The maximum atomic E-state index is 13.0. The zero-order valence-electron chi connectivity index (χ0n) is 20.2. The Kier molecular flexibility index (Phi) is 8.02. The molecule has 4 heterocycles. The zero-order chi connectivity index (χ0) is 25.6. The minimum atomic E-state index is -0.468. The summed E-state index contributed by atoms with van der Waals surface area (Å²) in [4.78, 5) is 25.8. The van der Waals surface area contributed by atoms with Crippen molar-refractivity contribution in [3.8, 4) is 22.7 Å². The number of carbonyl (C=O) groups is 2. The van der Waals surface area contributed by atoms with Gasteiger partial charge in [-0.1, -0.05) is 42.1 Å². The van der Waals surface area contributed by atoms with Gasteiger partial charge in [0.1, 0.15) is 10.6 Å². The van der Waals surface area contributed by atoms with Gasteiger partial charge in [-0.2, -0.15) is 0 Å². The minimum Gasteiger partial charge on any atom is -0.462 e. The Hall–Kier alpha value is -3.41. The normalized spacial score (nSPS) is 15.1. The van der Waals surface area contributed by atoms with E-state index in [1.165, 1.54) is 23.1 Å². The van der Waals surface area contributed by atoms with Gasteiger partial charge in [0.05, 0.1) is 31.3 Å². The van der Waals surface area contributed by atoms with Crippen molar-refractivity contribution in [1.82, 2.24) is 14.8 Å². The molecule has 1 atom stereocenters. The van der Waals surface area contributed by atoms with Gasteiger partial charge < -0.3 is 19.2 Å². The first-order valence-corrected chi connectivity index (χ1v) is 13.9. The molecule has 4 aromatic rings. The van der Waals surface area contributed by atoms with Crippen LogP contribution in [0.4, 0.5) is 5.00 Å². The van der Waals surface area contributed by atoms with E-state index in [9.17, 15) is 9.59 Å². The number of hydrogen-bond acceptors (Lipinski definition) is 9. The Bertz CT molecular complexity index is 1340. The largest absolute Gasteiger partial charge is 0.462 e. The number of anilines is 1. The molecule has 37 heavy (non-hydrogen) atoms. The number of carbonyl (C=O) groups excluding carboxylic acids is 2. The van der Waals surface area contributed by atoms with Crippen molar-refractivity contribution in [2.75, 3.05) is 24.3 Å². The van der Waals surface area contributed by atoms with E-state index >= 15 is 0 Å². The summed E-state index contributed by atoms with van der Waals surface area (Å²) in [7, 11) is 0. The van der Waals surface area contributed by atoms with Crippen molar-refractivity contribution < 1.29 is 23.5 Å². The number of nitrogens with one attached hydrogen (secondary N) is 1. The summed E-state index contributed by atoms with van der Waals surface area (Å²) in [5.74, 6) is 0.558. The number of thiophene rings is 1. The van der Waals surface area contributed by atoms with Crippen LogP contribution in [0.25, 0.3) is 22.7 Å². The Morgan fingerprint density at radius 1 is 1.22 bits per heavy atom. The standard InChI is InChI=1S/C26H26N4O5S2/c1-2-33-25(32)22-19(17-8-4-3-5-9-17)15-36-24(22)27-21(31)16-37-26-29-28-23(20-11-7-13-35-20)30(26)14-18-10-6-12-34-18/h3-5,7-9,11,13,15,18H,2,6,10,12,14,16H2,1H3,(H,27,31). The quantitative estimate of drug-likeness (QED) is 0.213. The van der Waals surface area contributed by atoms with Gasteiger partial charge in [-0.05, 0) is 37.5 Å². The molecule has 0 radical (unpaired) electrons. The number of nitrogens with zero attached hydrogens (tertiary/aromatic N) is 3. The number of ether oxygens (including phenoxy) is 2. The maximum Gasteiger partial charge on any atom is 0.341 e. The predicted octanol–water partition coefficient (Wildman–Crippen LogP) is 5.35. The average molecular weight is 539 g/mol. The van der Waals surface area contributed by atoms with Gasteiger partial charge in [-0.25, -0.2) is 4.79 Å². The van der Waals surface area contributed by atoms with Crippen LogP contribution in [0.2, 0.25) is 0 Å². The Morgan fingerprint density at radius 3 is 2.81 bits per heavy atom. The summed E-state index contributed by atoms with van der Waals surface area (Å²) in [6.45, 7) is 3.31. The number of aromatic nitrogens is 3. The molecule has 192 valence electrons. The lowest BCUT2D eigenvalue weighted by Crippen LogP contribution is -2.18. The van der Waals surface area contributed by atoms with Crippen molar-refractivity contribution in [1.29, 1.82) is 0 Å². The fourth-order valence-electron chi connectivity index (χ4n) is 4.12. The van der Waals surface area contributed by atoms with E-state index in [0.717, 1.165) is 30.6 Å². The Balaban J connectivity index is 1.33. The summed E-state index contributed by atoms with van der Waals surface area (Å²) in [6.07, 6.45) is 3.63. The average Bonchev–Trinajstić information content (AvgIpc) is 3.71. The van der Waals surface area contributed by atoms with Crippen LogP contribution in [0, 0.1) is 0 Å². The van der Waals surface area contributed by atoms with E-state index in [2.05, 4.69) is 15.5 Å². The lowest BCUT2D eigenvalue weighted by molar-refractivity contribution is -0.113. The SMILES string of the molecule is CCOC(=O)c1c(-c2ccccc2)csc1NC(=O)CSc1nnc(-c2ccco2)n1CC1CCCO1. The Morgan fingerprint density at radius 2 is 2.08 bits per heavy atom. The molecule has 1 saturated heterocycles. The van der Waals surface area contributed by atoms with Crippen LogP contribution in [0.5, 0.6) is 0 Å². The first-order valence-electron chi connectivity index (χ1n) is 12.0. The van der Waals surface area contributed by atoms with Gasteiger partial charge in [-0.15, -0.1) is 21.5 Å². The van der Waals surface area contributed by atoms with Gasteiger partial charge in [0.15, 0.2) is 10.9 Å². The molecule has 3 aromatic heterocycles. The molecule has 1 aromatic carbocycles. The van der Waals surface area contributed by atoms with E-state index < -0.39 is 5.97 Å². The summed E-state index contributed by atoms with van der Waals surface area (Å²) in [5.41, 5.74) is 1.97. The number of amides is 1. The number of furan rings is 1. The first-order chi connectivity index (χ1) is 18.1. The van der Waals surface area contributed by atoms with Crippen molar-refractivity contribution in [3.63, 3.8) is 0 Å². The maximum absolute atomic E-state index is 13.0. The molecule has 1 amide bonds. The molecule has 1 aliphatic rings. The highest BCUT2D eigenvalue weighted by Gasteiger charge is 2.25. The molecule has 0 spiro atoms. The van der Waals surface area contributed by atoms with Crippen molar-refractivity contribution >= 4 is 40.0 Å².